The van der Waals surface area contributed by atoms with Gasteiger partial charge in [0.2, 0.25) is 0 Å². The number of halogens is 1. The molecule has 2 heteroatoms. The summed E-state index contributed by atoms with van der Waals surface area (Å²) in [6.07, 6.45) is 6.49. The molecule has 1 nitrogen and oxygen atoms in total. The Balaban J connectivity index is 2.25. The molecule has 1 aliphatic carbocycles. The predicted molar refractivity (Wildman–Crippen MR) is 72.5 cm³/mol. The smallest absolute Gasteiger partial charge is 0.0841 e. The maximum absolute atomic E-state index is 9.96. The summed E-state index contributed by atoms with van der Waals surface area (Å²) in [6.45, 7) is 3.58. The van der Waals surface area contributed by atoms with E-state index in [4.69, 9.17) is 11.6 Å². The van der Waals surface area contributed by atoms with Crippen molar-refractivity contribution in [1.82, 2.24) is 0 Å². The van der Waals surface area contributed by atoms with Gasteiger partial charge >= 0.3 is 0 Å². The fraction of sp³-hybridized carbons (Fsp3) is 0.600. The normalized spacial score (nSPS) is 18.4. The van der Waals surface area contributed by atoms with Gasteiger partial charge in [-0.1, -0.05) is 43.0 Å². The molecule has 1 aromatic carbocycles. The average molecular weight is 253 g/mol. The lowest BCUT2D eigenvalue weighted by Gasteiger charge is -2.25. The number of hydrogen-bond donors (Lipinski definition) is 1. The van der Waals surface area contributed by atoms with E-state index in [2.05, 4.69) is 6.07 Å². The van der Waals surface area contributed by atoms with Crippen molar-refractivity contribution in [2.24, 2.45) is 0 Å². The van der Waals surface area contributed by atoms with E-state index in [0.29, 0.717) is 5.92 Å². The van der Waals surface area contributed by atoms with Crippen molar-refractivity contribution in [1.29, 1.82) is 0 Å². The molecule has 1 fully saturated rings. The minimum Gasteiger partial charge on any atom is -0.386 e. The summed E-state index contributed by atoms with van der Waals surface area (Å²) in [5.74, 6) is 0.618. The lowest BCUT2D eigenvalue weighted by atomic mass is 9.83. The molecular formula is C15H21ClO. The number of aliphatic hydroxyl groups is 1. The Morgan fingerprint density at radius 3 is 2.35 bits per heavy atom. The van der Waals surface area contributed by atoms with Crippen LogP contribution in [-0.2, 0) is 5.60 Å². The minimum atomic E-state index is -0.811. The first-order chi connectivity index (χ1) is 7.98. The maximum atomic E-state index is 9.96. The minimum absolute atomic E-state index is 0.618. The van der Waals surface area contributed by atoms with E-state index in [9.17, 15) is 5.11 Å². The molecule has 0 atom stereocenters. The van der Waals surface area contributed by atoms with Gasteiger partial charge in [-0.05, 0) is 49.8 Å². The Kier molecular flexibility index (Phi) is 3.79. The van der Waals surface area contributed by atoms with Gasteiger partial charge in [0.1, 0.15) is 0 Å². The van der Waals surface area contributed by atoms with E-state index < -0.39 is 5.60 Å². The van der Waals surface area contributed by atoms with Crippen LogP contribution in [0, 0.1) is 0 Å². The second kappa shape index (κ2) is 4.99. The number of benzene rings is 1. The van der Waals surface area contributed by atoms with E-state index in [0.717, 1.165) is 10.6 Å². The van der Waals surface area contributed by atoms with E-state index in [-0.39, 0.29) is 0 Å². The van der Waals surface area contributed by atoms with Crippen molar-refractivity contribution in [2.45, 2.75) is 57.5 Å². The van der Waals surface area contributed by atoms with Crippen molar-refractivity contribution in [3.8, 4) is 0 Å². The molecule has 1 aromatic rings. The van der Waals surface area contributed by atoms with Gasteiger partial charge in [0, 0.05) is 5.02 Å². The summed E-state index contributed by atoms with van der Waals surface area (Å²) in [6, 6.07) is 6.03. The van der Waals surface area contributed by atoms with E-state index >= 15 is 0 Å². The van der Waals surface area contributed by atoms with Gasteiger partial charge in [-0.25, -0.2) is 0 Å². The van der Waals surface area contributed by atoms with Crippen LogP contribution in [0.15, 0.2) is 18.2 Å². The van der Waals surface area contributed by atoms with Crippen molar-refractivity contribution in [2.75, 3.05) is 0 Å². The molecule has 0 radical (unpaired) electrons. The molecule has 94 valence electrons. The Bertz CT molecular complexity index is 386. The van der Waals surface area contributed by atoms with Gasteiger partial charge in [-0.15, -0.1) is 0 Å². The van der Waals surface area contributed by atoms with Crippen molar-refractivity contribution in [3.63, 3.8) is 0 Å². The summed E-state index contributed by atoms with van der Waals surface area (Å²) in [7, 11) is 0. The third-order valence-electron chi connectivity index (χ3n) is 3.75. The van der Waals surface area contributed by atoms with Crippen LogP contribution in [0.2, 0.25) is 5.02 Å². The van der Waals surface area contributed by atoms with Gasteiger partial charge in [0.05, 0.1) is 5.60 Å². The Morgan fingerprint density at radius 2 is 1.82 bits per heavy atom. The lowest BCUT2D eigenvalue weighted by molar-refractivity contribution is 0.0786. The third-order valence-corrected chi connectivity index (χ3v) is 4.08. The van der Waals surface area contributed by atoms with Crippen LogP contribution >= 0.6 is 11.6 Å². The van der Waals surface area contributed by atoms with Crippen molar-refractivity contribution >= 4 is 11.6 Å². The molecule has 17 heavy (non-hydrogen) atoms. The summed E-state index contributed by atoms with van der Waals surface area (Å²) in [4.78, 5) is 0. The molecule has 0 amide bonds. The van der Waals surface area contributed by atoms with Crippen LogP contribution < -0.4 is 0 Å². The van der Waals surface area contributed by atoms with Gasteiger partial charge in [0.15, 0.2) is 0 Å². The van der Waals surface area contributed by atoms with Crippen LogP contribution in [0.1, 0.15) is 63.0 Å². The first-order valence-corrected chi connectivity index (χ1v) is 6.88. The van der Waals surface area contributed by atoms with E-state index in [1.807, 2.05) is 12.1 Å². The summed E-state index contributed by atoms with van der Waals surface area (Å²) in [5.41, 5.74) is 1.34. The summed E-state index contributed by atoms with van der Waals surface area (Å²) >= 11 is 6.36. The Morgan fingerprint density at radius 1 is 1.18 bits per heavy atom. The molecule has 0 aromatic heterocycles. The SMILES string of the molecule is CC(C)(O)c1ccc(C2CCCCC2)c(Cl)c1. The highest BCUT2D eigenvalue weighted by Gasteiger charge is 2.21. The third kappa shape index (κ3) is 3.02. The summed E-state index contributed by atoms with van der Waals surface area (Å²) < 4.78 is 0. The fourth-order valence-corrected chi connectivity index (χ4v) is 2.99. The van der Waals surface area contributed by atoms with Gasteiger partial charge in [-0.3, -0.25) is 0 Å². The highest BCUT2D eigenvalue weighted by atomic mass is 35.5. The highest BCUT2D eigenvalue weighted by molar-refractivity contribution is 6.31. The molecule has 0 saturated heterocycles. The van der Waals surface area contributed by atoms with Crippen molar-refractivity contribution < 1.29 is 5.11 Å². The van der Waals surface area contributed by atoms with Crippen LogP contribution in [0.4, 0.5) is 0 Å². The van der Waals surface area contributed by atoms with Gasteiger partial charge < -0.3 is 5.11 Å². The van der Waals surface area contributed by atoms with Crippen LogP contribution in [0.5, 0.6) is 0 Å². The molecule has 0 spiro atoms. The van der Waals surface area contributed by atoms with Gasteiger partial charge in [-0.2, -0.15) is 0 Å². The zero-order chi connectivity index (χ0) is 12.5. The largest absolute Gasteiger partial charge is 0.386 e. The topological polar surface area (TPSA) is 20.2 Å². The molecule has 0 heterocycles. The van der Waals surface area contributed by atoms with E-state index in [1.54, 1.807) is 13.8 Å². The second-order valence-corrected chi connectivity index (χ2v) is 6.04. The van der Waals surface area contributed by atoms with Crippen LogP contribution in [-0.4, -0.2) is 5.11 Å². The standard InChI is InChI=1S/C15H21ClO/c1-15(2,17)12-8-9-13(14(16)10-12)11-6-4-3-5-7-11/h8-11,17H,3-7H2,1-2H3. The van der Waals surface area contributed by atoms with Crippen molar-refractivity contribution in [3.05, 3.63) is 34.3 Å². The zero-order valence-corrected chi connectivity index (χ0v) is 11.4. The first kappa shape index (κ1) is 12.9. The fourth-order valence-electron chi connectivity index (χ4n) is 2.65. The van der Waals surface area contributed by atoms with E-state index in [1.165, 1.54) is 37.7 Å². The maximum Gasteiger partial charge on any atom is 0.0841 e. The predicted octanol–water partition coefficient (Wildman–Crippen LogP) is 4.62. The summed E-state index contributed by atoms with van der Waals surface area (Å²) in [5, 5.41) is 10.8. The number of rotatable bonds is 2. The van der Waals surface area contributed by atoms with Crippen LogP contribution in [0.3, 0.4) is 0 Å². The molecule has 0 aliphatic heterocycles. The average Bonchev–Trinajstić information content (AvgIpc) is 2.29. The Labute approximate surface area is 109 Å². The number of hydrogen-bond acceptors (Lipinski definition) is 1. The zero-order valence-electron chi connectivity index (χ0n) is 10.7. The molecule has 1 saturated carbocycles. The monoisotopic (exact) mass is 252 g/mol. The molecule has 0 bridgehead atoms. The molecule has 1 aliphatic rings. The molecule has 2 rings (SSSR count). The molecular weight excluding hydrogens is 232 g/mol. The first-order valence-electron chi connectivity index (χ1n) is 6.51. The quantitative estimate of drug-likeness (QED) is 0.815. The highest BCUT2D eigenvalue weighted by Crippen LogP contribution is 2.37. The van der Waals surface area contributed by atoms with Gasteiger partial charge in [0.25, 0.3) is 0 Å². The molecule has 0 unspecified atom stereocenters. The Hall–Kier alpha value is -0.530. The van der Waals surface area contributed by atoms with Crippen LogP contribution in [0.25, 0.3) is 0 Å². The second-order valence-electron chi connectivity index (χ2n) is 5.63. The lowest BCUT2D eigenvalue weighted by Crippen LogP contribution is -2.16. The molecule has 1 N–H and O–H groups in total.